The molecule has 122 valence electrons. The number of para-hydroxylation sites is 1. The van der Waals surface area contributed by atoms with E-state index in [1.807, 2.05) is 24.3 Å². The van der Waals surface area contributed by atoms with Crippen molar-refractivity contribution < 1.29 is 14.1 Å². The van der Waals surface area contributed by atoms with Crippen LogP contribution >= 0.6 is 0 Å². The normalized spacial score (nSPS) is 13.6. The van der Waals surface area contributed by atoms with Gasteiger partial charge in [-0.3, -0.25) is 4.79 Å². The SMILES string of the molecule is COc1ccccc1-c1cc(C(=O)N2CCc3nc[nH]c3C2)no1. The van der Waals surface area contributed by atoms with Crippen LogP contribution in [0.5, 0.6) is 5.75 Å². The fraction of sp³-hybridized carbons (Fsp3) is 0.235. The molecule has 24 heavy (non-hydrogen) atoms. The Labute approximate surface area is 138 Å². The number of nitrogens with one attached hydrogen (secondary N) is 1. The molecule has 2 aromatic heterocycles. The van der Waals surface area contributed by atoms with Crippen molar-refractivity contribution in [3.05, 3.63) is 53.7 Å². The molecule has 4 rings (SSSR count). The number of aromatic nitrogens is 3. The highest BCUT2D eigenvalue weighted by Crippen LogP contribution is 2.30. The lowest BCUT2D eigenvalue weighted by atomic mass is 10.1. The smallest absolute Gasteiger partial charge is 0.276 e. The topological polar surface area (TPSA) is 84.2 Å². The van der Waals surface area contributed by atoms with E-state index in [4.69, 9.17) is 9.26 Å². The predicted octanol–water partition coefficient (Wildman–Crippen LogP) is 2.27. The molecule has 3 aromatic rings. The zero-order chi connectivity index (χ0) is 16.5. The van der Waals surface area contributed by atoms with Crippen LogP contribution in [-0.4, -0.2) is 39.6 Å². The van der Waals surface area contributed by atoms with Crippen molar-refractivity contribution in [2.45, 2.75) is 13.0 Å². The third-order valence-corrected chi connectivity index (χ3v) is 4.16. The Morgan fingerprint density at radius 1 is 1.38 bits per heavy atom. The molecule has 0 fully saturated rings. The molecule has 0 radical (unpaired) electrons. The summed E-state index contributed by atoms with van der Waals surface area (Å²) in [7, 11) is 1.59. The number of rotatable bonds is 3. The number of carbonyl (C=O) groups is 1. The molecule has 7 nitrogen and oxygen atoms in total. The van der Waals surface area contributed by atoms with Crippen LogP contribution in [0.4, 0.5) is 0 Å². The number of imidazole rings is 1. The number of carbonyl (C=O) groups excluding carboxylic acids is 1. The van der Waals surface area contributed by atoms with Gasteiger partial charge in [-0.05, 0) is 12.1 Å². The second-order valence-electron chi connectivity index (χ2n) is 5.58. The van der Waals surface area contributed by atoms with Crippen molar-refractivity contribution in [3.8, 4) is 17.1 Å². The fourth-order valence-electron chi connectivity index (χ4n) is 2.90. The second-order valence-corrected chi connectivity index (χ2v) is 5.58. The van der Waals surface area contributed by atoms with E-state index in [-0.39, 0.29) is 5.91 Å². The summed E-state index contributed by atoms with van der Waals surface area (Å²) in [6.45, 7) is 1.12. The molecule has 0 saturated heterocycles. The molecule has 0 aliphatic carbocycles. The number of amides is 1. The number of hydrogen-bond donors (Lipinski definition) is 1. The molecule has 0 spiro atoms. The van der Waals surface area contributed by atoms with Gasteiger partial charge in [-0.15, -0.1) is 0 Å². The molecule has 1 aromatic carbocycles. The largest absolute Gasteiger partial charge is 0.496 e. The van der Waals surface area contributed by atoms with E-state index in [2.05, 4.69) is 15.1 Å². The Morgan fingerprint density at radius 2 is 2.25 bits per heavy atom. The summed E-state index contributed by atoms with van der Waals surface area (Å²) in [6, 6.07) is 9.12. The number of aromatic amines is 1. The van der Waals surface area contributed by atoms with Crippen molar-refractivity contribution in [3.63, 3.8) is 0 Å². The van der Waals surface area contributed by atoms with Gasteiger partial charge in [-0.2, -0.15) is 0 Å². The van der Waals surface area contributed by atoms with Gasteiger partial charge in [0.05, 0.1) is 36.9 Å². The third kappa shape index (κ3) is 2.44. The van der Waals surface area contributed by atoms with E-state index < -0.39 is 0 Å². The Morgan fingerprint density at radius 3 is 3.12 bits per heavy atom. The first kappa shape index (κ1) is 14.5. The van der Waals surface area contributed by atoms with Crippen LogP contribution in [0.2, 0.25) is 0 Å². The first-order valence-electron chi connectivity index (χ1n) is 7.67. The van der Waals surface area contributed by atoms with E-state index >= 15 is 0 Å². The van der Waals surface area contributed by atoms with Gasteiger partial charge in [0.15, 0.2) is 11.5 Å². The van der Waals surface area contributed by atoms with Gasteiger partial charge in [-0.25, -0.2) is 4.98 Å². The molecular formula is C17H16N4O3. The van der Waals surface area contributed by atoms with Gasteiger partial charge < -0.3 is 19.1 Å². The Hall–Kier alpha value is -3.09. The van der Waals surface area contributed by atoms with Crippen LogP contribution in [-0.2, 0) is 13.0 Å². The number of ether oxygens (including phenoxy) is 1. The third-order valence-electron chi connectivity index (χ3n) is 4.16. The minimum absolute atomic E-state index is 0.153. The number of nitrogens with zero attached hydrogens (tertiary/aromatic N) is 3. The molecule has 1 amide bonds. The van der Waals surface area contributed by atoms with Crippen molar-refractivity contribution >= 4 is 5.91 Å². The Balaban J connectivity index is 1.58. The lowest BCUT2D eigenvalue weighted by molar-refractivity contribution is 0.0721. The number of H-pyrrole nitrogens is 1. The summed E-state index contributed by atoms with van der Waals surface area (Å²) in [5.74, 6) is 1.03. The summed E-state index contributed by atoms with van der Waals surface area (Å²) in [5.41, 5.74) is 3.05. The van der Waals surface area contributed by atoms with Crippen LogP contribution < -0.4 is 4.74 Å². The number of benzene rings is 1. The van der Waals surface area contributed by atoms with E-state index in [9.17, 15) is 4.79 Å². The molecule has 1 aliphatic heterocycles. The first-order valence-corrected chi connectivity index (χ1v) is 7.67. The van der Waals surface area contributed by atoms with Crippen molar-refractivity contribution in [1.29, 1.82) is 0 Å². The van der Waals surface area contributed by atoms with Crippen LogP contribution in [0.3, 0.4) is 0 Å². The number of hydrogen-bond acceptors (Lipinski definition) is 5. The highest BCUT2D eigenvalue weighted by molar-refractivity contribution is 5.93. The van der Waals surface area contributed by atoms with Gasteiger partial charge in [0.2, 0.25) is 0 Å². The van der Waals surface area contributed by atoms with E-state index in [1.165, 1.54) is 0 Å². The molecule has 1 N–H and O–H groups in total. The number of fused-ring (bicyclic) bond motifs is 1. The minimum Gasteiger partial charge on any atom is -0.496 e. The van der Waals surface area contributed by atoms with Crippen LogP contribution in [0.25, 0.3) is 11.3 Å². The van der Waals surface area contributed by atoms with Gasteiger partial charge in [0.25, 0.3) is 5.91 Å². The monoisotopic (exact) mass is 324 g/mol. The average Bonchev–Trinajstić information content (AvgIpc) is 3.29. The predicted molar refractivity (Wildman–Crippen MR) is 85.5 cm³/mol. The van der Waals surface area contributed by atoms with Gasteiger partial charge in [0.1, 0.15) is 5.75 Å². The molecule has 0 atom stereocenters. The van der Waals surface area contributed by atoms with Crippen LogP contribution in [0, 0.1) is 0 Å². The minimum atomic E-state index is -0.153. The first-order chi connectivity index (χ1) is 11.8. The van der Waals surface area contributed by atoms with E-state index in [0.717, 1.165) is 23.4 Å². The molecule has 0 bridgehead atoms. The van der Waals surface area contributed by atoms with Gasteiger partial charge in [-0.1, -0.05) is 17.3 Å². The van der Waals surface area contributed by atoms with Crippen molar-refractivity contribution in [1.82, 2.24) is 20.0 Å². The Bertz CT molecular complexity index is 883. The number of methoxy groups -OCH3 is 1. The molecule has 1 aliphatic rings. The maximum absolute atomic E-state index is 12.7. The lowest BCUT2D eigenvalue weighted by Gasteiger charge is -2.25. The Kier molecular flexibility index (Phi) is 3.53. The molecule has 0 saturated carbocycles. The summed E-state index contributed by atoms with van der Waals surface area (Å²) >= 11 is 0. The standard InChI is InChI=1S/C17H16N4O3/c1-23-15-5-3-2-4-11(15)16-8-13(20-24-16)17(22)21-7-6-12-14(9-21)19-10-18-12/h2-5,8,10H,6-7,9H2,1H3,(H,18,19). The molecule has 0 unspecified atom stereocenters. The average molecular weight is 324 g/mol. The van der Waals surface area contributed by atoms with Crippen LogP contribution in [0.15, 0.2) is 41.2 Å². The van der Waals surface area contributed by atoms with Gasteiger partial charge in [0, 0.05) is 19.0 Å². The maximum Gasteiger partial charge on any atom is 0.276 e. The fourth-order valence-corrected chi connectivity index (χ4v) is 2.90. The van der Waals surface area contributed by atoms with Crippen molar-refractivity contribution in [2.24, 2.45) is 0 Å². The highest BCUT2D eigenvalue weighted by atomic mass is 16.5. The zero-order valence-electron chi connectivity index (χ0n) is 13.2. The summed E-state index contributed by atoms with van der Waals surface area (Å²) in [5, 5.41) is 3.94. The lowest BCUT2D eigenvalue weighted by Crippen LogP contribution is -2.36. The molecule has 3 heterocycles. The van der Waals surface area contributed by atoms with Crippen LogP contribution in [0.1, 0.15) is 21.9 Å². The van der Waals surface area contributed by atoms with Gasteiger partial charge >= 0.3 is 0 Å². The quantitative estimate of drug-likeness (QED) is 0.799. The van der Waals surface area contributed by atoms with E-state index in [1.54, 1.807) is 24.4 Å². The second kappa shape index (κ2) is 5.84. The van der Waals surface area contributed by atoms with E-state index in [0.29, 0.717) is 30.3 Å². The molecule has 7 heteroatoms. The molecular weight excluding hydrogens is 308 g/mol. The van der Waals surface area contributed by atoms with Crippen molar-refractivity contribution in [2.75, 3.05) is 13.7 Å². The highest BCUT2D eigenvalue weighted by Gasteiger charge is 2.26. The summed E-state index contributed by atoms with van der Waals surface area (Å²) < 4.78 is 10.7. The summed E-state index contributed by atoms with van der Waals surface area (Å²) in [4.78, 5) is 21.7. The zero-order valence-corrected chi connectivity index (χ0v) is 13.2. The summed E-state index contributed by atoms with van der Waals surface area (Å²) in [6.07, 6.45) is 2.40. The maximum atomic E-state index is 12.7.